The van der Waals surface area contributed by atoms with Crippen molar-refractivity contribution in [3.05, 3.63) is 34.3 Å². The molecule has 0 saturated carbocycles. The fourth-order valence-electron chi connectivity index (χ4n) is 2.53. The van der Waals surface area contributed by atoms with Gasteiger partial charge in [0, 0.05) is 16.6 Å². The summed E-state index contributed by atoms with van der Waals surface area (Å²) < 4.78 is 1.15. The van der Waals surface area contributed by atoms with E-state index in [1.54, 1.807) is 0 Å². The van der Waals surface area contributed by atoms with Crippen molar-refractivity contribution in [2.24, 2.45) is 0 Å². The summed E-state index contributed by atoms with van der Waals surface area (Å²) in [7, 11) is 4.32. The third kappa shape index (κ3) is 2.65. The smallest absolute Gasteiger partial charge is 0.0496 e. The molecule has 3 heteroatoms. The fraction of sp³-hybridized carbons (Fsp3) is 0.538. The van der Waals surface area contributed by atoms with Crippen LogP contribution in [-0.2, 0) is 0 Å². The predicted molar refractivity (Wildman–Crippen MR) is 71.6 cm³/mol. The first-order valence-electron chi connectivity index (χ1n) is 5.84. The van der Waals surface area contributed by atoms with Gasteiger partial charge in [-0.2, -0.15) is 0 Å². The number of rotatable bonds is 3. The number of halogens is 1. The molecule has 2 nitrogen and oxygen atoms in total. The summed E-state index contributed by atoms with van der Waals surface area (Å²) in [5.41, 5.74) is 1.40. The van der Waals surface area contributed by atoms with Crippen LogP contribution >= 0.6 is 15.9 Å². The van der Waals surface area contributed by atoms with Crippen LogP contribution in [0.5, 0.6) is 0 Å². The highest BCUT2D eigenvalue weighted by molar-refractivity contribution is 9.10. The Balaban J connectivity index is 2.21. The van der Waals surface area contributed by atoms with Crippen molar-refractivity contribution >= 4 is 15.9 Å². The topological polar surface area (TPSA) is 15.3 Å². The van der Waals surface area contributed by atoms with Crippen LogP contribution in [-0.4, -0.2) is 31.6 Å². The molecular weight excluding hydrogens is 264 g/mol. The van der Waals surface area contributed by atoms with Gasteiger partial charge in [0.25, 0.3) is 0 Å². The summed E-state index contributed by atoms with van der Waals surface area (Å²) in [5.74, 6) is 0. The number of nitrogens with one attached hydrogen (secondary N) is 1. The lowest BCUT2D eigenvalue weighted by atomic mass is 9.97. The lowest BCUT2D eigenvalue weighted by Gasteiger charge is -2.30. The number of likely N-dealkylation sites (N-methyl/N-ethyl adjacent to an activating group) is 1. The van der Waals surface area contributed by atoms with E-state index in [0.717, 1.165) is 11.0 Å². The van der Waals surface area contributed by atoms with Crippen LogP contribution in [0, 0.1) is 0 Å². The minimum absolute atomic E-state index is 0.482. The molecule has 2 atom stereocenters. The molecule has 1 aromatic rings. The highest BCUT2D eigenvalue weighted by atomic mass is 79.9. The van der Waals surface area contributed by atoms with Gasteiger partial charge in [-0.1, -0.05) is 28.1 Å². The molecule has 1 aromatic carbocycles. The van der Waals surface area contributed by atoms with Gasteiger partial charge in [0.1, 0.15) is 0 Å². The highest BCUT2D eigenvalue weighted by Crippen LogP contribution is 2.28. The molecule has 1 heterocycles. The predicted octanol–water partition coefficient (Wildman–Crippen LogP) is 2.80. The number of nitrogens with zero attached hydrogens (tertiary/aromatic N) is 1. The molecule has 2 unspecified atom stereocenters. The van der Waals surface area contributed by atoms with Crippen molar-refractivity contribution in [3.8, 4) is 0 Å². The largest absolute Gasteiger partial charge is 0.312 e. The van der Waals surface area contributed by atoms with Crippen LogP contribution in [0.3, 0.4) is 0 Å². The molecule has 0 aliphatic carbocycles. The normalized spacial score (nSPS) is 22.6. The van der Waals surface area contributed by atoms with Crippen LogP contribution in [0.15, 0.2) is 28.7 Å². The first kappa shape index (κ1) is 12.1. The summed E-state index contributed by atoms with van der Waals surface area (Å²) in [6.07, 6.45) is 2.57. The molecule has 1 aliphatic heterocycles. The second-order valence-corrected chi connectivity index (χ2v) is 5.58. The molecule has 88 valence electrons. The number of hydrogen-bond donors (Lipinski definition) is 1. The molecule has 1 fully saturated rings. The maximum Gasteiger partial charge on any atom is 0.0496 e. The maximum absolute atomic E-state index is 3.60. The van der Waals surface area contributed by atoms with Crippen LogP contribution in [0.4, 0.5) is 0 Å². The van der Waals surface area contributed by atoms with Gasteiger partial charge in [0.2, 0.25) is 0 Å². The van der Waals surface area contributed by atoms with Gasteiger partial charge in [-0.05, 0) is 51.2 Å². The highest BCUT2D eigenvalue weighted by Gasteiger charge is 2.27. The molecule has 1 saturated heterocycles. The summed E-state index contributed by atoms with van der Waals surface area (Å²) in [6, 6.07) is 9.76. The van der Waals surface area contributed by atoms with Crippen molar-refractivity contribution < 1.29 is 0 Å². The monoisotopic (exact) mass is 282 g/mol. The van der Waals surface area contributed by atoms with Gasteiger partial charge in [-0.25, -0.2) is 0 Å². The van der Waals surface area contributed by atoms with Crippen LogP contribution < -0.4 is 5.32 Å². The fourth-order valence-corrected chi connectivity index (χ4v) is 2.80. The Morgan fingerprint density at radius 1 is 1.31 bits per heavy atom. The Bertz CT molecular complexity index is 328. The molecular formula is C13H19BrN2. The Kier molecular flexibility index (Phi) is 4.00. The molecule has 0 aromatic heterocycles. The molecule has 0 amide bonds. The van der Waals surface area contributed by atoms with Crippen molar-refractivity contribution in [1.82, 2.24) is 10.2 Å². The zero-order valence-corrected chi connectivity index (χ0v) is 11.5. The second kappa shape index (κ2) is 5.30. The molecule has 2 rings (SSSR count). The molecule has 0 bridgehead atoms. The van der Waals surface area contributed by atoms with E-state index in [1.165, 1.54) is 18.4 Å². The standard InChI is InChI=1S/C13H19BrN2/c1-16(2)13(12-4-3-9-15-12)10-5-7-11(14)8-6-10/h5-8,12-13,15H,3-4,9H2,1-2H3. The maximum atomic E-state index is 3.60. The van der Waals surface area contributed by atoms with Crippen molar-refractivity contribution in [2.45, 2.75) is 24.9 Å². The molecule has 1 aliphatic rings. The van der Waals surface area contributed by atoms with Gasteiger partial charge in [-0.3, -0.25) is 0 Å². The zero-order valence-electron chi connectivity index (χ0n) is 9.91. The Labute approximate surface area is 106 Å². The van der Waals surface area contributed by atoms with Crippen molar-refractivity contribution in [2.75, 3.05) is 20.6 Å². The van der Waals surface area contributed by atoms with Crippen molar-refractivity contribution in [3.63, 3.8) is 0 Å². The average Bonchev–Trinajstić information content (AvgIpc) is 2.74. The van der Waals surface area contributed by atoms with Crippen molar-refractivity contribution in [1.29, 1.82) is 0 Å². The van der Waals surface area contributed by atoms with Gasteiger partial charge < -0.3 is 10.2 Å². The SMILES string of the molecule is CN(C)C(c1ccc(Br)cc1)C1CCCN1. The number of benzene rings is 1. The Hall–Kier alpha value is -0.380. The lowest BCUT2D eigenvalue weighted by Crippen LogP contribution is -2.37. The first-order valence-corrected chi connectivity index (χ1v) is 6.63. The third-order valence-electron chi connectivity index (χ3n) is 3.25. The minimum Gasteiger partial charge on any atom is -0.312 e. The summed E-state index contributed by atoms with van der Waals surface area (Å²) >= 11 is 3.49. The van der Waals surface area contributed by atoms with E-state index in [0.29, 0.717) is 12.1 Å². The van der Waals surface area contributed by atoms with Gasteiger partial charge >= 0.3 is 0 Å². The van der Waals surface area contributed by atoms with E-state index < -0.39 is 0 Å². The van der Waals surface area contributed by atoms with Crippen LogP contribution in [0.25, 0.3) is 0 Å². The van der Waals surface area contributed by atoms with E-state index in [-0.39, 0.29) is 0 Å². The summed E-state index contributed by atoms with van der Waals surface area (Å²) in [6.45, 7) is 1.16. The van der Waals surface area contributed by atoms with Gasteiger partial charge in [0.05, 0.1) is 0 Å². The summed E-state index contributed by atoms with van der Waals surface area (Å²) in [5, 5.41) is 3.60. The van der Waals surface area contributed by atoms with E-state index >= 15 is 0 Å². The molecule has 16 heavy (non-hydrogen) atoms. The first-order chi connectivity index (χ1) is 7.68. The zero-order chi connectivity index (χ0) is 11.5. The third-order valence-corrected chi connectivity index (χ3v) is 3.78. The average molecular weight is 283 g/mol. The van der Waals surface area contributed by atoms with E-state index in [4.69, 9.17) is 0 Å². The van der Waals surface area contributed by atoms with Crippen LogP contribution in [0.2, 0.25) is 0 Å². The molecule has 0 radical (unpaired) electrons. The van der Waals surface area contributed by atoms with E-state index in [9.17, 15) is 0 Å². The lowest BCUT2D eigenvalue weighted by molar-refractivity contribution is 0.244. The Morgan fingerprint density at radius 3 is 2.50 bits per heavy atom. The second-order valence-electron chi connectivity index (χ2n) is 4.66. The molecule has 1 N–H and O–H groups in total. The quantitative estimate of drug-likeness (QED) is 0.917. The number of hydrogen-bond acceptors (Lipinski definition) is 2. The van der Waals surface area contributed by atoms with E-state index in [1.807, 2.05) is 0 Å². The van der Waals surface area contributed by atoms with Crippen LogP contribution in [0.1, 0.15) is 24.4 Å². The van der Waals surface area contributed by atoms with Gasteiger partial charge in [-0.15, -0.1) is 0 Å². The Morgan fingerprint density at radius 2 is 2.00 bits per heavy atom. The minimum atomic E-state index is 0.482. The van der Waals surface area contributed by atoms with Gasteiger partial charge in [0.15, 0.2) is 0 Å². The summed E-state index contributed by atoms with van der Waals surface area (Å²) in [4.78, 5) is 2.31. The molecule has 0 spiro atoms. The van der Waals surface area contributed by atoms with E-state index in [2.05, 4.69) is 64.5 Å².